The Balaban J connectivity index is 1.85. The molecular weight excluding hydrogens is 292 g/mol. The fourth-order valence-corrected chi connectivity index (χ4v) is 3.52. The van der Waals surface area contributed by atoms with Gasteiger partial charge in [0.1, 0.15) is 0 Å². The van der Waals surface area contributed by atoms with E-state index in [1.54, 1.807) is 0 Å². The second-order valence-corrected chi connectivity index (χ2v) is 6.48. The molecule has 1 aromatic heterocycles. The maximum Gasteiger partial charge on any atom is 0.257 e. The summed E-state index contributed by atoms with van der Waals surface area (Å²) >= 11 is 1.51. The van der Waals surface area contributed by atoms with Gasteiger partial charge >= 0.3 is 0 Å². The van der Waals surface area contributed by atoms with E-state index in [2.05, 4.69) is 36.3 Å². The minimum Gasteiger partial charge on any atom is -0.298 e. The van der Waals surface area contributed by atoms with Gasteiger partial charge < -0.3 is 0 Å². The average Bonchev–Trinajstić information content (AvgIpc) is 2.90. The van der Waals surface area contributed by atoms with Gasteiger partial charge in [-0.05, 0) is 55.2 Å². The highest BCUT2D eigenvalue weighted by Crippen LogP contribution is 2.29. The largest absolute Gasteiger partial charge is 0.298 e. The predicted molar refractivity (Wildman–Crippen MR) is 92.9 cm³/mol. The van der Waals surface area contributed by atoms with E-state index < -0.39 is 0 Å². The summed E-state index contributed by atoms with van der Waals surface area (Å²) < 4.78 is 1.11. The number of hydrogen-bond donors (Lipinski definition) is 1. The first-order valence-electron chi connectivity index (χ1n) is 7.35. The number of aryl methyl sites for hydroxylation is 3. The Morgan fingerprint density at radius 2 is 1.91 bits per heavy atom. The van der Waals surface area contributed by atoms with E-state index in [0.717, 1.165) is 22.2 Å². The zero-order valence-electron chi connectivity index (χ0n) is 12.9. The van der Waals surface area contributed by atoms with Crippen molar-refractivity contribution in [3.63, 3.8) is 0 Å². The Hall–Kier alpha value is -2.20. The number of aromatic nitrogens is 1. The van der Waals surface area contributed by atoms with Gasteiger partial charge in [-0.3, -0.25) is 10.1 Å². The molecule has 0 bridgehead atoms. The molecule has 0 saturated carbocycles. The highest BCUT2D eigenvalue weighted by molar-refractivity contribution is 7.22. The zero-order valence-corrected chi connectivity index (χ0v) is 13.8. The number of amides is 1. The van der Waals surface area contributed by atoms with Crippen molar-refractivity contribution in [3.8, 4) is 0 Å². The third-order valence-corrected chi connectivity index (χ3v) is 4.59. The molecule has 0 atom stereocenters. The van der Waals surface area contributed by atoms with Crippen molar-refractivity contribution >= 4 is 32.6 Å². The molecule has 0 spiro atoms. The van der Waals surface area contributed by atoms with Crippen LogP contribution >= 0.6 is 11.3 Å². The third kappa shape index (κ3) is 2.88. The van der Waals surface area contributed by atoms with Crippen molar-refractivity contribution in [2.75, 3.05) is 5.32 Å². The quantitative estimate of drug-likeness (QED) is 0.760. The number of hydrogen-bond acceptors (Lipinski definition) is 3. The maximum atomic E-state index is 12.3. The standard InChI is InChI=1S/C18H18N2OS/c1-4-13-5-7-14(8-6-13)17(21)20-18-19-16-12(3)9-11(2)10-15(16)22-18/h5-10H,4H2,1-3H3,(H,19,20,21). The van der Waals surface area contributed by atoms with Crippen molar-refractivity contribution in [2.24, 2.45) is 0 Å². The number of carbonyl (C=O) groups is 1. The molecule has 22 heavy (non-hydrogen) atoms. The van der Waals surface area contributed by atoms with E-state index in [1.807, 2.05) is 31.2 Å². The summed E-state index contributed by atoms with van der Waals surface area (Å²) in [7, 11) is 0. The van der Waals surface area contributed by atoms with Crippen LogP contribution in [0.3, 0.4) is 0 Å². The Morgan fingerprint density at radius 1 is 1.18 bits per heavy atom. The van der Waals surface area contributed by atoms with Gasteiger partial charge in [0.25, 0.3) is 5.91 Å². The summed E-state index contributed by atoms with van der Waals surface area (Å²) in [5.41, 5.74) is 5.19. The second-order valence-electron chi connectivity index (χ2n) is 5.45. The van der Waals surface area contributed by atoms with E-state index in [1.165, 1.54) is 22.5 Å². The molecule has 0 aliphatic rings. The van der Waals surface area contributed by atoms with Crippen LogP contribution in [-0.2, 0) is 6.42 Å². The van der Waals surface area contributed by atoms with E-state index in [-0.39, 0.29) is 5.91 Å². The number of thiazole rings is 1. The van der Waals surface area contributed by atoms with Crippen LogP contribution in [0.4, 0.5) is 5.13 Å². The van der Waals surface area contributed by atoms with Gasteiger partial charge in [-0.1, -0.05) is 36.5 Å². The summed E-state index contributed by atoms with van der Waals surface area (Å²) in [4.78, 5) is 16.8. The highest BCUT2D eigenvalue weighted by Gasteiger charge is 2.11. The number of anilines is 1. The molecule has 0 aliphatic carbocycles. The molecule has 3 nitrogen and oxygen atoms in total. The van der Waals surface area contributed by atoms with E-state index in [9.17, 15) is 4.79 Å². The normalized spacial score (nSPS) is 10.9. The predicted octanol–water partition coefficient (Wildman–Crippen LogP) is 4.73. The van der Waals surface area contributed by atoms with Gasteiger partial charge in [0, 0.05) is 5.56 Å². The summed E-state index contributed by atoms with van der Waals surface area (Å²) in [5, 5.41) is 3.55. The van der Waals surface area contributed by atoms with E-state index >= 15 is 0 Å². The molecule has 0 unspecified atom stereocenters. The second kappa shape index (κ2) is 5.89. The molecule has 0 saturated heterocycles. The molecule has 112 valence electrons. The Morgan fingerprint density at radius 3 is 2.59 bits per heavy atom. The molecule has 0 fully saturated rings. The molecule has 1 amide bonds. The number of rotatable bonds is 3. The van der Waals surface area contributed by atoms with Crippen LogP contribution in [-0.4, -0.2) is 10.9 Å². The minimum absolute atomic E-state index is 0.115. The van der Waals surface area contributed by atoms with E-state index in [0.29, 0.717) is 10.7 Å². The number of nitrogens with zero attached hydrogens (tertiary/aromatic N) is 1. The van der Waals surface area contributed by atoms with E-state index in [4.69, 9.17) is 0 Å². The van der Waals surface area contributed by atoms with Crippen LogP contribution in [0.1, 0.15) is 34.0 Å². The lowest BCUT2D eigenvalue weighted by molar-refractivity contribution is 0.102. The summed E-state index contributed by atoms with van der Waals surface area (Å²) in [5.74, 6) is -0.115. The van der Waals surface area contributed by atoms with Crippen LogP contribution in [0.2, 0.25) is 0 Å². The van der Waals surface area contributed by atoms with Crippen molar-refractivity contribution in [2.45, 2.75) is 27.2 Å². The van der Waals surface area contributed by atoms with Crippen LogP contribution < -0.4 is 5.32 Å². The topological polar surface area (TPSA) is 42.0 Å². The first-order valence-corrected chi connectivity index (χ1v) is 8.16. The van der Waals surface area contributed by atoms with Gasteiger partial charge in [0.05, 0.1) is 10.2 Å². The molecule has 0 aliphatic heterocycles. The molecule has 3 aromatic rings. The number of fused-ring (bicyclic) bond motifs is 1. The number of carbonyl (C=O) groups excluding carboxylic acids is 1. The molecule has 1 heterocycles. The SMILES string of the molecule is CCc1ccc(C(=O)Nc2nc3c(C)cc(C)cc3s2)cc1. The van der Waals surface area contributed by atoms with Gasteiger partial charge in [-0.15, -0.1) is 0 Å². The van der Waals surface area contributed by atoms with Crippen molar-refractivity contribution in [1.82, 2.24) is 4.98 Å². The third-order valence-electron chi connectivity index (χ3n) is 3.67. The minimum atomic E-state index is -0.115. The average molecular weight is 310 g/mol. The van der Waals surface area contributed by atoms with Gasteiger partial charge in [0.2, 0.25) is 0 Å². The molecule has 1 N–H and O–H groups in total. The first-order chi connectivity index (χ1) is 10.6. The summed E-state index contributed by atoms with van der Waals surface area (Å²) in [6.45, 7) is 6.21. The van der Waals surface area contributed by atoms with Crippen LogP contribution in [0.15, 0.2) is 36.4 Å². The summed E-state index contributed by atoms with van der Waals surface area (Å²) in [6, 6.07) is 11.9. The lowest BCUT2D eigenvalue weighted by Crippen LogP contribution is -2.11. The maximum absolute atomic E-state index is 12.3. The Labute approximate surface area is 134 Å². The van der Waals surface area contributed by atoms with Crippen molar-refractivity contribution < 1.29 is 4.79 Å². The fourth-order valence-electron chi connectivity index (χ4n) is 2.49. The Bertz CT molecular complexity index is 834. The van der Waals surface area contributed by atoms with Crippen molar-refractivity contribution in [1.29, 1.82) is 0 Å². The molecule has 0 radical (unpaired) electrons. The fraction of sp³-hybridized carbons (Fsp3) is 0.222. The number of nitrogens with one attached hydrogen (secondary N) is 1. The zero-order chi connectivity index (χ0) is 15.7. The summed E-state index contributed by atoms with van der Waals surface area (Å²) in [6.07, 6.45) is 0.971. The smallest absolute Gasteiger partial charge is 0.257 e. The van der Waals surface area contributed by atoms with Gasteiger partial charge in [-0.25, -0.2) is 4.98 Å². The van der Waals surface area contributed by atoms with Crippen molar-refractivity contribution in [3.05, 3.63) is 58.7 Å². The lowest BCUT2D eigenvalue weighted by Gasteiger charge is -2.02. The molecule has 2 aromatic carbocycles. The van der Waals surface area contributed by atoms with Crippen LogP contribution in [0, 0.1) is 13.8 Å². The Kier molecular flexibility index (Phi) is 3.94. The first kappa shape index (κ1) is 14.7. The monoisotopic (exact) mass is 310 g/mol. The van der Waals surface area contributed by atoms with Gasteiger partial charge in [-0.2, -0.15) is 0 Å². The molecular formula is C18H18N2OS. The van der Waals surface area contributed by atoms with Crippen LogP contribution in [0.25, 0.3) is 10.2 Å². The number of benzene rings is 2. The van der Waals surface area contributed by atoms with Crippen LogP contribution in [0.5, 0.6) is 0 Å². The lowest BCUT2D eigenvalue weighted by atomic mass is 10.1. The van der Waals surface area contributed by atoms with Gasteiger partial charge in [0.15, 0.2) is 5.13 Å². The molecule has 3 rings (SSSR count). The highest BCUT2D eigenvalue weighted by atomic mass is 32.1. The molecule has 4 heteroatoms.